The first-order chi connectivity index (χ1) is 8.29. The summed E-state index contributed by atoms with van der Waals surface area (Å²) in [6, 6.07) is 7.70. The standard InChI is InChI=1S/C6H5N3.C6H10N2/c1-2-4-6-5(3-1)7-9-8-6;1-3-6-7-4-5(2)8-6/h1-4H,(H,7,8,9);4H,3H2,1-2H3,(H,7,8). The molecule has 88 valence electrons. The molecular formula is C12H15N5. The van der Waals surface area contributed by atoms with E-state index in [4.69, 9.17) is 0 Å². The SMILES string of the molecule is CCc1ncc(C)[nH]1.c1ccc2n[nH]nc2c1. The summed E-state index contributed by atoms with van der Waals surface area (Å²) in [7, 11) is 0. The van der Waals surface area contributed by atoms with Crippen LogP contribution in [0.15, 0.2) is 30.5 Å². The van der Waals surface area contributed by atoms with E-state index in [-0.39, 0.29) is 0 Å². The molecule has 0 aliphatic carbocycles. The highest BCUT2D eigenvalue weighted by atomic mass is 15.3. The number of benzene rings is 1. The van der Waals surface area contributed by atoms with Crippen molar-refractivity contribution in [2.45, 2.75) is 20.3 Å². The maximum atomic E-state index is 4.08. The molecule has 0 atom stereocenters. The molecule has 1 aromatic carbocycles. The summed E-state index contributed by atoms with van der Waals surface area (Å²) >= 11 is 0. The van der Waals surface area contributed by atoms with Gasteiger partial charge in [-0.25, -0.2) is 4.98 Å². The molecule has 0 aliphatic rings. The van der Waals surface area contributed by atoms with Crippen LogP contribution in [-0.2, 0) is 6.42 Å². The molecule has 3 aromatic rings. The van der Waals surface area contributed by atoms with Gasteiger partial charge in [0.15, 0.2) is 0 Å². The molecule has 2 heterocycles. The fourth-order valence-electron chi connectivity index (χ4n) is 1.43. The molecule has 17 heavy (non-hydrogen) atoms. The number of hydrogen-bond donors (Lipinski definition) is 2. The zero-order valence-corrected chi connectivity index (χ0v) is 9.94. The number of rotatable bonds is 1. The zero-order valence-electron chi connectivity index (χ0n) is 9.94. The van der Waals surface area contributed by atoms with Crippen molar-refractivity contribution in [2.75, 3.05) is 0 Å². The Hall–Kier alpha value is -2.17. The van der Waals surface area contributed by atoms with Crippen molar-refractivity contribution < 1.29 is 0 Å². The molecule has 0 bridgehead atoms. The van der Waals surface area contributed by atoms with Crippen LogP contribution in [0.25, 0.3) is 11.0 Å². The maximum Gasteiger partial charge on any atom is 0.112 e. The van der Waals surface area contributed by atoms with Crippen molar-refractivity contribution in [1.82, 2.24) is 25.4 Å². The summed E-state index contributed by atoms with van der Waals surface area (Å²) in [4.78, 5) is 7.19. The highest BCUT2D eigenvalue weighted by Crippen LogP contribution is 2.03. The molecule has 2 N–H and O–H groups in total. The second-order valence-corrected chi connectivity index (χ2v) is 3.68. The molecule has 0 fully saturated rings. The van der Waals surface area contributed by atoms with Crippen LogP contribution in [0.5, 0.6) is 0 Å². The summed E-state index contributed by atoms with van der Waals surface area (Å²) in [6.07, 6.45) is 2.84. The Morgan fingerprint density at radius 1 is 1.12 bits per heavy atom. The average Bonchev–Trinajstić information content (AvgIpc) is 2.97. The van der Waals surface area contributed by atoms with Gasteiger partial charge in [0.25, 0.3) is 0 Å². The van der Waals surface area contributed by atoms with Crippen LogP contribution in [0.4, 0.5) is 0 Å². The third kappa shape index (κ3) is 2.90. The Labute approximate surface area is 99.3 Å². The molecule has 0 amide bonds. The number of H-pyrrole nitrogens is 2. The quantitative estimate of drug-likeness (QED) is 0.672. The van der Waals surface area contributed by atoms with Crippen molar-refractivity contribution in [3.8, 4) is 0 Å². The predicted octanol–water partition coefficient (Wildman–Crippen LogP) is 2.24. The minimum Gasteiger partial charge on any atom is -0.346 e. The van der Waals surface area contributed by atoms with Crippen LogP contribution in [-0.4, -0.2) is 25.4 Å². The van der Waals surface area contributed by atoms with E-state index >= 15 is 0 Å². The maximum absolute atomic E-state index is 4.08. The third-order valence-electron chi connectivity index (χ3n) is 2.31. The van der Waals surface area contributed by atoms with Crippen LogP contribution >= 0.6 is 0 Å². The monoisotopic (exact) mass is 229 g/mol. The van der Waals surface area contributed by atoms with E-state index < -0.39 is 0 Å². The summed E-state index contributed by atoms with van der Waals surface area (Å²) in [5.41, 5.74) is 2.97. The van der Waals surface area contributed by atoms with Crippen molar-refractivity contribution >= 4 is 11.0 Å². The molecule has 0 unspecified atom stereocenters. The van der Waals surface area contributed by atoms with Crippen molar-refractivity contribution in [3.05, 3.63) is 42.0 Å². The highest BCUT2D eigenvalue weighted by Gasteiger charge is 1.90. The number of hydrogen-bond acceptors (Lipinski definition) is 3. The summed E-state index contributed by atoms with van der Waals surface area (Å²) < 4.78 is 0. The van der Waals surface area contributed by atoms with Crippen LogP contribution in [0.2, 0.25) is 0 Å². The third-order valence-corrected chi connectivity index (χ3v) is 2.31. The molecule has 0 aliphatic heterocycles. The normalized spacial score (nSPS) is 10.0. The van der Waals surface area contributed by atoms with Crippen LogP contribution in [0.3, 0.4) is 0 Å². The van der Waals surface area contributed by atoms with E-state index in [0.29, 0.717) is 0 Å². The van der Waals surface area contributed by atoms with Gasteiger partial charge in [0, 0.05) is 18.3 Å². The lowest BCUT2D eigenvalue weighted by atomic mass is 10.3. The number of aryl methyl sites for hydroxylation is 2. The van der Waals surface area contributed by atoms with E-state index in [1.165, 1.54) is 0 Å². The minimum absolute atomic E-state index is 0.914. The van der Waals surface area contributed by atoms with Crippen molar-refractivity contribution in [3.63, 3.8) is 0 Å². The van der Waals surface area contributed by atoms with Gasteiger partial charge in [-0.1, -0.05) is 19.1 Å². The van der Waals surface area contributed by atoms with Crippen LogP contribution < -0.4 is 0 Å². The molecule has 0 saturated heterocycles. The molecule has 2 aromatic heterocycles. The van der Waals surface area contributed by atoms with E-state index in [2.05, 4.69) is 32.3 Å². The first-order valence-electron chi connectivity index (χ1n) is 5.55. The number of fused-ring (bicyclic) bond motifs is 1. The van der Waals surface area contributed by atoms with E-state index in [1.807, 2.05) is 37.4 Å². The Kier molecular flexibility index (Phi) is 3.49. The fraction of sp³-hybridized carbons (Fsp3) is 0.250. The average molecular weight is 229 g/mol. The lowest BCUT2D eigenvalue weighted by Gasteiger charge is -1.82. The van der Waals surface area contributed by atoms with E-state index in [9.17, 15) is 0 Å². The van der Waals surface area contributed by atoms with Gasteiger partial charge in [-0.15, -0.1) is 0 Å². The van der Waals surface area contributed by atoms with Crippen molar-refractivity contribution in [1.29, 1.82) is 0 Å². The van der Waals surface area contributed by atoms with Gasteiger partial charge in [-0.05, 0) is 19.1 Å². The number of aromatic amines is 2. The number of para-hydroxylation sites is 2. The Bertz CT molecular complexity index is 551. The smallest absolute Gasteiger partial charge is 0.112 e. The summed E-state index contributed by atoms with van der Waals surface area (Å²) in [5, 5.41) is 10.3. The molecule has 0 radical (unpaired) electrons. The lowest BCUT2D eigenvalue weighted by Crippen LogP contribution is -1.80. The van der Waals surface area contributed by atoms with Crippen molar-refractivity contribution in [2.24, 2.45) is 0 Å². The van der Waals surface area contributed by atoms with E-state index in [0.717, 1.165) is 29.0 Å². The van der Waals surface area contributed by atoms with Gasteiger partial charge in [0.1, 0.15) is 16.9 Å². The summed E-state index contributed by atoms with van der Waals surface area (Å²) in [5.74, 6) is 1.07. The summed E-state index contributed by atoms with van der Waals surface area (Å²) in [6.45, 7) is 4.09. The number of aromatic nitrogens is 5. The second kappa shape index (κ2) is 5.25. The van der Waals surface area contributed by atoms with Gasteiger partial charge in [-0.2, -0.15) is 15.4 Å². The second-order valence-electron chi connectivity index (χ2n) is 3.68. The molecule has 5 nitrogen and oxygen atoms in total. The molecular weight excluding hydrogens is 214 g/mol. The minimum atomic E-state index is 0.914. The fourth-order valence-corrected chi connectivity index (χ4v) is 1.43. The van der Waals surface area contributed by atoms with Gasteiger partial charge in [0.2, 0.25) is 0 Å². The molecule has 0 spiro atoms. The van der Waals surface area contributed by atoms with Gasteiger partial charge < -0.3 is 4.98 Å². The number of nitrogens with zero attached hydrogens (tertiary/aromatic N) is 3. The topological polar surface area (TPSA) is 70.2 Å². The first-order valence-corrected chi connectivity index (χ1v) is 5.55. The van der Waals surface area contributed by atoms with Gasteiger partial charge >= 0.3 is 0 Å². The Morgan fingerprint density at radius 2 is 1.76 bits per heavy atom. The van der Waals surface area contributed by atoms with Crippen LogP contribution in [0, 0.1) is 6.92 Å². The number of imidazole rings is 1. The molecule has 5 heteroatoms. The lowest BCUT2D eigenvalue weighted by molar-refractivity contribution is 0.959. The van der Waals surface area contributed by atoms with Crippen LogP contribution in [0.1, 0.15) is 18.4 Å². The van der Waals surface area contributed by atoms with Gasteiger partial charge in [0.05, 0.1) is 0 Å². The zero-order chi connectivity index (χ0) is 12.1. The Balaban J connectivity index is 0.000000128. The highest BCUT2D eigenvalue weighted by molar-refractivity contribution is 5.72. The molecule has 3 rings (SSSR count). The Morgan fingerprint density at radius 3 is 2.18 bits per heavy atom. The first kappa shape index (κ1) is 11.3. The van der Waals surface area contributed by atoms with E-state index in [1.54, 1.807) is 0 Å². The predicted molar refractivity (Wildman–Crippen MR) is 66.6 cm³/mol. The number of nitrogens with one attached hydrogen (secondary N) is 2. The molecule has 0 saturated carbocycles. The van der Waals surface area contributed by atoms with Gasteiger partial charge in [-0.3, -0.25) is 0 Å². The largest absolute Gasteiger partial charge is 0.346 e.